The quantitative estimate of drug-likeness (QED) is 0.206. The molecular formula is C20H27F3N4O7. The van der Waals surface area contributed by atoms with E-state index in [1.165, 1.54) is 12.3 Å². The number of aromatic amines is 1. The minimum atomic E-state index is -4.89. The third kappa shape index (κ3) is 8.11. The number of carbonyl (C=O) groups is 2. The predicted molar refractivity (Wildman–Crippen MR) is 113 cm³/mol. The molecule has 5 N–H and O–H groups in total. The highest BCUT2D eigenvalue weighted by Gasteiger charge is 2.38. The molecule has 3 atom stereocenters. The highest BCUT2D eigenvalue weighted by molar-refractivity contribution is 5.91. The summed E-state index contributed by atoms with van der Waals surface area (Å²) in [5.41, 5.74) is -1.48. The molecule has 0 unspecified atom stereocenters. The van der Waals surface area contributed by atoms with Crippen LogP contribution in [0.5, 0.6) is 0 Å². The van der Waals surface area contributed by atoms with Gasteiger partial charge in [0.05, 0.1) is 18.3 Å². The first-order chi connectivity index (χ1) is 16.0. The Morgan fingerprint density at radius 3 is 2.41 bits per heavy atom. The molecular weight excluding hydrogens is 465 g/mol. The maximum absolute atomic E-state index is 12.1. The van der Waals surface area contributed by atoms with E-state index in [2.05, 4.69) is 10.3 Å². The molecule has 0 spiro atoms. The number of aliphatic hydroxyl groups is 2. The number of alkyl halides is 3. The van der Waals surface area contributed by atoms with Crippen LogP contribution in [0, 0.1) is 0 Å². The number of halogens is 3. The summed E-state index contributed by atoms with van der Waals surface area (Å²) in [5.74, 6) is -2.47. The Kier molecular flexibility index (Phi) is 10.0. The Morgan fingerprint density at radius 2 is 1.82 bits per heavy atom. The van der Waals surface area contributed by atoms with E-state index < -0.39 is 54.3 Å². The fourth-order valence-electron chi connectivity index (χ4n) is 3.23. The number of rotatable bonds is 11. The molecule has 2 rings (SSSR count). The monoisotopic (exact) mass is 492 g/mol. The summed E-state index contributed by atoms with van der Waals surface area (Å²) in [5, 5.41) is 23.4. The molecule has 0 aliphatic carbocycles. The average Bonchev–Trinajstić information content (AvgIpc) is 3.14. The number of H-pyrrole nitrogens is 1. The normalized spacial score (nSPS) is 20.6. The van der Waals surface area contributed by atoms with E-state index in [9.17, 15) is 37.5 Å². The van der Waals surface area contributed by atoms with Crippen molar-refractivity contribution in [2.24, 2.45) is 0 Å². The molecule has 0 bridgehead atoms. The van der Waals surface area contributed by atoms with Crippen LogP contribution in [0.1, 0.15) is 43.9 Å². The van der Waals surface area contributed by atoms with E-state index in [1.807, 2.05) is 0 Å². The molecule has 0 aromatic carbocycles. The van der Waals surface area contributed by atoms with Gasteiger partial charge >= 0.3 is 17.8 Å². The van der Waals surface area contributed by atoms with E-state index >= 15 is 0 Å². The van der Waals surface area contributed by atoms with Gasteiger partial charge in [-0.05, 0) is 18.9 Å². The third-order valence-electron chi connectivity index (χ3n) is 5.05. The first-order valence-corrected chi connectivity index (χ1v) is 10.6. The van der Waals surface area contributed by atoms with E-state index in [0.717, 1.165) is 10.6 Å². The van der Waals surface area contributed by atoms with E-state index in [0.29, 0.717) is 32.2 Å². The minimum absolute atomic E-state index is 0.00110. The number of aromatic nitrogens is 2. The fourth-order valence-corrected chi connectivity index (χ4v) is 3.23. The van der Waals surface area contributed by atoms with Gasteiger partial charge in [0.25, 0.3) is 5.56 Å². The van der Waals surface area contributed by atoms with Gasteiger partial charge in [-0.25, -0.2) is 4.79 Å². The summed E-state index contributed by atoms with van der Waals surface area (Å²) in [6.07, 6.45) is -1.95. The standard InChI is InChI=1S/C20H27F3N4O7/c21-20(22,23)18(32)25-8-4-2-1-3-7-24-15(30)6-5-12-10-27(19(33)26-17(12)31)16-9-13(29)14(11-28)34-16/h5-6,10,13-14,16,28-29H,1-4,7-9,11H2,(H,24,30)(H,25,32)(H,26,31,33)/b6-5-/t13-,14+,16+/m0/s1. The third-order valence-corrected chi connectivity index (χ3v) is 5.05. The molecule has 1 aromatic rings. The lowest BCUT2D eigenvalue weighted by Crippen LogP contribution is -2.37. The molecule has 34 heavy (non-hydrogen) atoms. The van der Waals surface area contributed by atoms with Crippen LogP contribution in [0.15, 0.2) is 21.9 Å². The maximum Gasteiger partial charge on any atom is 0.471 e. The van der Waals surface area contributed by atoms with Crippen molar-refractivity contribution in [2.45, 2.75) is 56.7 Å². The molecule has 190 valence electrons. The van der Waals surface area contributed by atoms with Gasteiger partial charge in [-0.3, -0.25) is 23.9 Å². The number of unbranched alkanes of at least 4 members (excludes halogenated alkanes) is 3. The SMILES string of the molecule is O=C(/C=C\c1cn([C@H]2C[C@H](O)[C@@H](CO)O2)c(=O)[nH]c1=O)NCCCCCCNC(=O)C(F)(F)F. The molecule has 2 amide bonds. The van der Waals surface area contributed by atoms with Gasteiger partial charge in [-0.1, -0.05) is 12.8 Å². The molecule has 11 nitrogen and oxygen atoms in total. The molecule has 1 aliphatic rings. The van der Waals surface area contributed by atoms with Gasteiger partial charge < -0.3 is 25.6 Å². The number of ether oxygens (including phenoxy) is 1. The van der Waals surface area contributed by atoms with Crippen LogP contribution in [-0.2, 0) is 14.3 Å². The second-order valence-corrected chi connectivity index (χ2v) is 7.66. The van der Waals surface area contributed by atoms with Gasteiger partial charge in [0.2, 0.25) is 5.91 Å². The van der Waals surface area contributed by atoms with Crippen molar-refractivity contribution in [3.8, 4) is 0 Å². The molecule has 0 radical (unpaired) electrons. The Morgan fingerprint density at radius 1 is 1.18 bits per heavy atom. The summed E-state index contributed by atoms with van der Waals surface area (Å²) < 4.78 is 42.6. The van der Waals surface area contributed by atoms with Gasteiger partial charge in [-0.15, -0.1) is 0 Å². The van der Waals surface area contributed by atoms with Crippen LogP contribution >= 0.6 is 0 Å². The van der Waals surface area contributed by atoms with Crippen molar-refractivity contribution < 1.29 is 37.7 Å². The Balaban J connectivity index is 1.76. The second kappa shape index (κ2) is 12.5. The molecule has 1 saturated heterocycles. The molecule has 1 aromatic heterocycles. The zero-order valence-corrected chi connectivity index (χ0v) is 18.1. The number of hydrogen-bond donors (Lipinski definition) is 5. The predicted octanol–water partition coefficient (Wildman–Crippen LogP) is -0.454. The number of carbonyl (C=O) groups excluding carboxylic acids is 2. The molecule has 2 heterocycles. The Hall–Kier alpha value is -2.97. The molecule has 1 aliphatic heterocycles. The van der Waals surface area contributed by atoms with Crippen molar-refractivity contribution in [3.05, 3.63) is 38.7 Å². The van der Waals surface area contributed by atoms with Crippen LogP contribution in [-0.4, -0.2) is 69.7 Å². The first kappa shape index (κ1) is 27.3. The van der Waals surface area contributed by atoms with Crippen molar-refractivity contribution in [2.75, 3.05) is 19.7 Å². The highest BCUT2D eigenvalue weighted by atomic mass is 19.4. The Labute approximate surface area is 191 Å². The fraction of sp³-hybridized carbons (Fsp3) is 0.600. The van der Waals surface area contributed by atoms with Crippen molar-refractivity contribution >= 4 is 17.9 Å². The van der Waals surface area contributed by atoms with E-state index in [4.69, 9.17) is 9.84 Å². The number of aliphatic hydroxyl groups excluding tert-OH is 2. The van der Waals surface area contributed by atoms with Gasteiger partial charge in [0.15, 0.2) is 0 Å². The van der Waals surface area contributed by atoms with Crippen molar-refractivity contribution in [3.63, 3.8) is 0 Å². The van der Waals surface area contributed by atoms with E-state index in [-0.39, 0.29) is 18.5 Å². The number of hydrogen-bond acceptors (Lipinski definition) is 7. The average molecular weight is 492 g/mol. The largest absolute Gasteiger partial charge is 0.471 e. The minimum Gasteiger partial charge on any atom is -0.394 e. The number of nitrogens with zero attached hydrogens (tertiary/aromatic N) is 1. The summed E-state index contributed by atoms with van der Waals surface area (Å²) >= 11 is 0. The lowest BCUT2D eigenvalue weighted by atomic mass is 10.2. The topological polar surface area (TPSA) is 163 Å². The lowest BCUT2D eigenvalue weighted by molar-refractivity contribution is -0.173. The lowest BCUT2D eigenvalue weighted by Gasteiger charge is -2.14. The van der Waals surface area contributed by atoms with Crippen LogP contribution in [0.4, 0.5) is 13.2 Å². The van der Waals surface area contributed by atoms with Crippen LogP contribution < -0.4 is 21.9 Å². The molecule has 14 heteroatoms. The number of nitrogens with one attached hydrogen (secondary N) is 3. The summed E-state index contributed by atoms with van der Waals surface area (Å²) in [7, 11) is 0. The van der Waals surface area contributed by atoms with E-state index in [1.54, 1.807) is 5.32 Å². The van der Waals surface area contributed by atoms with Gasteiger partial charge in [0, 0.05) is 31.8 Å². The Bertz CT molecular complexity index is 990. The van der Waals surface area contributed by atoms with Gasteiger partial charge in [0.1, 0.15) is 12.3 Å². The molecule has 0 saturated carbocycles. The second-order valence-electron chi connectivity index (χ2n) is 7.66. The summed E-state index contributed by atoms with van der Waals surface area (Å²) in [6.45, 7) is -0.225. The highest BCUT2D eigenvalue weighted by Crippen LogP contribution is 2.27. The van der Waals surface area contributed by atoms with Crippen molar-refractivity contribution in [1.29, 1.82) is 0 Å². The van der Waals surface area contributed by atoms with Crippen molar-refractivity contribution in [1.82, 2.24) is 20.2 Å². The number of amides is 2. The van der Waals surface area contributed by atoms with Gasteiger partial charge in [-0.2, -0.15) is 13.2 Å². The molecule has 1 fully saturated rings. The summed E-state index contributed by atoms with van der Waals surface area (Å²) in [4.78, 5) is 48.8. The zero-order valence-electron chi connectivity index (χ0n) is 18.1. The van der Waals surface area contributed by atoms with Crippen LogP contribution in [0.2, 0.25) is 0 Å². The van der Waals surface area contributed by atoms with Crippen LogP contribution in [0.25, 0.3) is 6.08 Å². The van der Waals surface area contributed by atoms with Crippen LogP contribution in [0.3, 0.4) is 0 Å². The smallest absolute Gasteiger partial charge is 0.394 e. The first-order valence-electron chi connectivity index (χ1n) is 10.6. The zero-order chi connectivity index (χ0) is 25.3. The maximum atomic E-state index is 12.1. The summed E-state index contributed by atoms with van der Waals surface area (Å²) in [6, 6.07) is 0.